The van der Waals surface area contributed by atoms with Crippen molar-refractivity contribution in [3.63, 3.8) is 0 Å². The lowest BCUT2D eigenvalue weighted by molar-refractivity contribution is 0.264. The van der Waals surface area contributed by atoms with Crippen LogP contribution in [0.25, 0.3) is 21.9 Å². The zero-order valence-electron chi connectivity index (χ0n) is 15.8. The van der Waals surface area contributed by atoms with E-state index in [1.807, 2.05) is 36.4 Å². The molecule has 2 heterocycles. The molecular weight excluding hydrogens is 409 g/mol. The van der Waals surface area contributed by atoms with Gasteiger partial charge < -0.3 is 25.7 Å². The highest BCUT2D eigenvalue weighted by atomic mass is 35.5. The zero-order valence-corrected chi connectivity index (χ0v) is 17.3. The molecule has 0 saturated carbocycles. The van der Waals surface area contributed by atoms with Crippen molar-refractivity contribution in [2.45, 2.75) is 18.9 Å². The lowest BCUT2D eigenvalue weighted by atomic mass is 10.1. The van der Waals surface area contributed by atoms with Crippen LogP contribution < -0.4 is 10.6 Å². The fourth-order valence-corrected chi connectivity index (χ4v) is 4.02. The monoisotopic (exact) mass is 431 g/mol. The van der Waals surface area contributed by atoms with E-state index in [4.69, 9.17) is 23.2 Å². The summed E-state index contributed by atoms with van der Waals surface area (Å²) in [4.78, 5) is 11.1. The van der Waals surface area contributed by atoms with Crippen LogP contribution in [-0.2, 0) is 0 Å². The van der Waals surface area contributed by atoms with Crippen molar-refractivity contribution < 1.29 is 5.11 Å². The van der Waals surface area contributed by atoms with Crippen molar-refractivity contribution in [2.75, 3.05) is 25.0 Å². The first-order chi connectivity index (χ1) is 14.1. The lowest BCUT2D eigenvalue weighted by Crippen LogP contribution is -2.25. The van der Waals surface area contributed by atoms with Crippen molar-refractivity contribution in [3.8, 4) is 0 Å². The highest BCUT2D eigenvalue weighted by Crippen LogP contribution is 2.30. The third-order valence-corrected chi connectivity index (χ3v) is 5.42. The van der Waals surface area contributed by atoms with E-state index in [2.05, 4.69) is 25.6 Å². The van der Waals surface area contributed by atoms with Gasteiger partial charge in [0.1, 0.15) is 0 Å². The van der Waals surface area contributed by atoms with Crippen molar-refractivity contribution in [2.24, 2.45) is 0 Å². The number of rotatable bonds is 9. The number of aromatic nitrogens is 3. The van der Waals surface area contributed by atoms with Gasteiger partial charge in [-0.1, -0.05) is 35.3 Å². The summed E-state index contributed by atoms with van der Waals surface area (Å²) in [6, 6.07) is 13.6. The number of aromatic amines is 2. The number of hydrogen-bond acceptors (Lipinski definition) is 4. The zero-order chi connectivity index (χ0) is 20.2. The molecule has 0 amide bonds. The van der Waals surface area contributed by atoms with Gasteiger partial charge in [-0.05, 0) is 49.7 Å². The maximum atomic E-state index is 9.47. The Kier molecular flexibility index (Phi) is 6.25. The fourth-order valence-electron chi connectivity index (χ4n) is 3.47. The SMILES string of the molecule is OCCC(NCCCNc1nc2ccccc2[nH]1)c1cc2c(Cl)cc(Cl)cc2[nH]1. The summed E-state index contributed by atoms with van der Waals surface area (Å²) in [6.07, 6.45) is 1.51. The Morgan fingerprint density at radius 3 is 2.72 bits per heavy atom. The Balaban J connectivity index is 1.33. The Morgan fingerprint density at radius 1 is 1.03 bits per heavy atom. The lowest BCUT2D eigenvalue weighted by Gasteiger charge is -2.16. The second kappa shape index (κ2) is 9.05. The van der Waals surface area contributed by atoms with Gasteiger partial charge in [0, 0.05) is 40.8 Å². The van der Waals surface area contributed by atoms with Gasteiger partial charge in [-0.3, -0.25) is 0 Å². The van der Waals surface area contributed by atoms with Crippen LogP contribution in [0.1, 0.15) is 24.6 Å². The summed E-state index contributed by atoms with van der Waals surface area (Å²) in [5, 5.41) is 18.4. The molecule has 0 bridgehead atoms. The number of aliphatic hydroxyl groups is 1. The summed E-state index contributed by atoms with van der Waals surface area (Å²) in [5.74, 6) is 0.778. The van der Waals surface area contributed by atoms with Gasteiger partial charge in [-0.15, -0.1) is 0 Å². The Hall–Kier alpha value is -2.25. The molecule has 8 heteroatoms. The highest BCUT2D eigenvalue weighted by Gasteiger charge is 2.15. The molecule has 2 aromatic heterocycles. The molecule has 1 atom stereocenters. The van der Waals surface area contributed by atoms with Crippen molar-refractivity contribution in [1.29, 1.82) is 0 Å². The van der Waals surface area contributed by atoms with Gasteiger partial charge in [-0.25, -0.2) is 4.98 Å². The molecule has 0 saturated heterocycles. The summed E-state index contributed by atoms with van der Waals surface area (Å²) in [6.45, 7) is 1.67. The smallest absolute Gasteiger partial charge is 0.201 e. The molecule has 4 aromatic rings. The van der Waals surface area contributed by atoms with E-state index in [9.17, 15) is 5.11 Å². The van der Waals surface area contributed by atoms with Crippen LogP contribution in [0.3, 0.4) is 0 Å². The first kappa shape index (κ1) is 20.0. The standard InChI is InChI=1S/C21H23Cl2N5O/c22-13-10-15(23)14-12-20(26-19(14)11-13)16(6-9-29)24-7-3-8-25-21-27-17-4-1-2-5-18(17)28-21/h1-2,4-5,10-12,16,24,26,29H,3,6-9H2,(H2,25,27,28). The number of anilines is 1. The summed E-state index contributed by atoms with van der Waals surface area (Å²) < 4.78 is 0. The molecule has 29 heavy (non-hydrogen) atoms. The minimum Gasteiger partial charge on any atom is -0.396 e. The summed E-state index contributed by atoms with van der Waals surface area (Å²) in [7, 11) is 0. The van der Waals surface area contributed by atoms with E-state index in [1.165, 1.54) is 0 Å². The number of para-hydroxylation sites is 2. The van der Waals surface area contributed by atoms with Crippen molar-refractivity contribution in [3.05, 3.63) is 58.2 Å². The normalized spacial score (nSPS) is 12.7. The highest BCUT2D eigenvalue weighted by molar-refractivity contribution is 6.38. The average Bonchev–Trinajstić information content (AvgIpc) is 3.30. The third kappa shape index (κ3) is 4.67. The van der Waals surface area contributed by atoms with Gasteiger partial charge in [0.25, 0.3) is 0 Å². The number of imidazole rings is 1. The van der Waals surface area contributed by atoms with Crippen LogP contribution in [0.2, 0.25) is 10.0 Å². The number of nitrogens with zero attached hydrogens (tertiary/aromatic N) is 1. The van der Waals surface area contributed by atoms with E-state index in [1.54, 1.807) is 6.07 Å². The van der Waals surface area contributed by atoms with Crippen LogP contribution in [0, 0.1) is 0 Å². The fraction of sp³-hybridized carbons (Fsp3) is 0.286. The molecular formula is C21H23Cl2N5O. The third-order valence-electron chi connectivity index (χ3n) is 4.89. The van der Waals surface area contributed by atoms with Crippen LogP contribution in [0.5, 0.6) is 0 Å². The van der Waals surface area contributed by atoms with Gasteiger partial charge in [-0.2, -0.15) is 0 Å². The molecule has 0 fully saturated rings. The number of nitrogens with one attached hydrogen (secondary N) is 4. The first-order valence-electron chi connectivity index (χ1n) is 9.64. The van der Waals surface area contributed by atoms with Gasteiger partial charge in [0.15, 0.2) is 0 Å². The first-order valence-corrected chi connectivity index (χ1v) is 10.4. The maximum Gasteiger partial charge on any atom is 0.201 e. The number of fused-ring (bicyclic) bond motifs is 2. The molecule has 0 aliphatic carbocycles. The second-order valence-corrected chi connectivity index (χ2v) is 7.82. The summed E-state index contributed by atoms with van der Waals surface area (Å²) in [5.41, 5.74) is 3.86. The van der Waals surface area contributed by atoms with E-state index in [0.717, 1.165) is 53.1 Å². The minimum atomic E-state index is 0.00782. The molecule has 0 radical (unpaired) electrons. The molecule has 5 N–H and O–H groups in total. The largest absolute Gasteiger partial charge is 0.396 e. The van der Waals surface area contributed by atoms with Crippen LogP contribution in [0.4, 0.5) is 5.95 Å². The number of hydrogen-bond donors (Lipinski definition) is 5. The van der Waals surface area contributed by atoms with E-state index in [-0.39, 0.29) is 12.6 Å². The Labute approximate surface area is 178 Å². The predicted octanol–water partition coefficient (Wildman–Crippen LogP) is 4.87. The van der Waals surface area contributed by atoms with E-state index >= 15 is 0 Å². The topological polar surface area (TPSA) is 88.8 Å². The van der Waals surface area contributed by atoms with Crippen LogP contribution in [-0.4, -0.2) is 39.8 Å². The van der Waals surface area contributed by atoms with Crippen LogP contribution in [0.15, 0.2) is 42.5 Å². The van der Waals surface area contributed by atoms with Gasteiger partial charge in [0.05, 0.1) is 16.1 Å². The quantitative estimate of drug-likeness (QED) is 0.244. The molecule has 152 valence electrons. The molecule has 1 unspecified atom stereocenters. The Bertz CT molecular complexity index is 1070. The number of halogens is 2. The number of H-pyrrole nitrogens is 2. The summed E-state index contributed by atoms with van der Waals surface area (Å²) >= 11 is 12.4. The van der Waals surface area contributed by atoms with Gasteiger partial charge >= 0.3 is 0 Å². The minimum absolute atomic E-state index is 0.00782. The molecule has 0 spiro atoms. The van der Waals surface area contributed by atoms with E-state index in [0.29, 0.717) is 16.5 Å². The van der Waals surface area contributed by atoms with Gasteiger partial charge in [0.2, 0.25) is 5.95 Å². The number of aliphatic hydroxyl groups excluding tert-OH is 1. The molecule has 2 aromatic carbocycles. The second-order valence-electron chi connectivity index (χ2n) is 6.98. The maximum absolute atomic E-state index is 9.47. The van der Waals surface area contributed by atoms with Crippen molar-refractivity contribution in [1.82, 2.24) is 20.3 Å². The average molecular weight is 432 g/mol. The predicted molar refractivity (Wildman–Crippen MR) is 120 cm³/mol. The van der Waals surface area contributed by atoms with Crippen molar-refractivity contribution >= 4 is 51.1 Å². The van der Waals surface area contributed by atoms with Crippen LogP contribution >= 0.6 is 23.2 Å². The molecule has 4 rings (SSSR count). The molecule has 0 aliphatic rings. The van der Waals surface area contributed by atoms with E-state index < -0.39 is 0 Å². The molecule has 0 aliphatic heterocycles. The Morgan fingerprint density at radius 2 is 1.90 bits per heavy atom. The molecule has 6 nitrogen and oxygen atoms in total. The number of benzene rings is 2.